The molecule has 2 rings (SSSR count). The molecule has 0 saturated heterocycles. The van der Waals surface area contributed by atoms with Crippen LogP contribution in [0.25, 0.3) is 0 Å². The van der Waals surface area contributed by atoms with Crippen LogP contribution in [0.3, 0.4) is 0 Å². The van der Waals surface area contributed by atoms with E-state index >= 15 is 0 Å². The van der Waals surface area contributed by atoms with E-state index in [0.717, 1.165) is 18.3 Å². The summed E-state index contributed by atoms with van der Waals surface area (Å²) in [6.45, 7) is 5.28. The van der Waals surface area contributed by atoms with Gasteiger partial charge in [-0.15, -0.1) is 0 Å². The third-order valence-corrected chi connectivity index (χ3v) is 3.11. The molecule has 0 N–H and O–H groups in total. The Morgan fingerprint density at radius 2 is 1.93 bits per heavy atom. The Kier molecular flexibility index (Phi) is 4.86. The van der Waals surface area contributed by atoms with Crippen molar-refractivity contribution in [2.75, 3.05) is 0 Å². The van der Waals surface area contributed by atoms with Gasteiger partial charge >= 0.3 is 5.97 Å². The summed E-state index contributed by atoms with van der Waals surface area (Å²) in [5.74, 6) is 1.79. The summed E-state index contributed by atoms with van der Waals surface area (Å²) in [5, 5.41) is 0. The second-order valence-corrected chi connectivity index (χ2v) is 4.55. The van der Waals surface area contributed by atoms with Gasteiger partial charge in [-0.25, -0.2) is 0 Å². The summed E-state index contributed by atoms with van der Waals surface area (Å²) in [7, 11) is 0. The Morgan fingerprint density at radius 1 is 1.40 bits per heavy atom. The minimum Gasteiger partial charge on any atom is -0.463 e. The summed E-state index contributed by atoms with van der Waals surface area (Å²) in [6.07, 6.45) is 10.2. The molecule has 0 radical (unpaired) electrons. The van der Waals surface area contributed by atoms with Crippen LogP contribution in [0.15, 0.2) is 12.2 Å². The maximum Gasteiger partial charge on any atom is 0.302 e. The molecule has 0 aromatic carbocycles. The molecule has 2 nitrogen and oxygen atoms in total. The number of esters is 1. The van der Waals surface area contributed by atoms with Gasteiger partial charge in [0.15, 0.2) is 0 Å². The highest BCUT2D eigenvalue weighted by atomic mass is 16.5. The van der Waals surface area contributed by atoms with Crippen molar-refractivity contribution in [1.29, 1.82) is 0 Å². The normalized spacial score (nSPS) is 28.2. The lowest BCUT2D eigenvalue weighted by Gasteiger charge is -2.06. The van der Waals surface area contributed by atoms with Crippen molar-refractivity contribution >= 4 is 5.97 Å². The van der Waals surface area contributed by atoms with E-state index in [1.54, 1.807) is 0 Å². The van der Waals surface area contributed by atoms with Crippen molar-refractivity contribution in [2.45, 2.75) is 52.6 Å². The van der Waals surface area contributed by atoms with Crippen LogP contribution in [-0.4, -0.2) is 12.1 Å². The molecule has 0 aromatic heterocycles. The van der Waals surface area contributed by atoms with E-state index in [9.17, 15) is 4.79 Å². The second kappa shape index (κ2) is 5.94. The van der Waals surface area contributed by atoms with Gasteiger partial charge in [0.1, 0.15) is 0 Å². The van der Waals surface area contributed by atoms with Crippen LogP contribution in [0.2, 0.25) is 0 Å². The molecule has 2 aliphatic carbocycles. The molecule has 15 heavy (non-hydrogen) atoms. The molecular weight excluding hydrogens is 188 g/mol. The number of carbonyl (C=O) groups excluding carboxylic acids is 1. The van der Waals surface area contributed by atoms with E-state index < -0.39 is 0 Å². The number of ether oxygens (including phenoxy) is 1. The number of hydrogen-bond acceptors (Lipinski definition) is 2. The molecule has 2 heteroatoms. The molecule has 0 aliphatic heterocycles. The van der Waals surface area contributed by atoms with Gasteiger partial charge in [0.25, 0.3) is 0 Å². The summed E-state index contributed by atoms with van der Waals surface area (Å²) in [6, 6.07) is 0. The summed E-state index contributed by atoms with van der Waals surface area (Å²) in [4.78, 5) is 10.2. The third-order valence-electron chi connectivity index (χ3n) is 3.11. The minimum atomic E-state index is -0.195. The van der Waals surface area contributed by atoms with Gasteiger partial charge in [-0.05, 0) is 44.4 Å². The van der Waals surface area contributed by atoms with Crippen molar-refractivity contribution in [3.05, 3.63) is 12.2 Å². The third kappa shape index (κ3) is 4.50. The predicted molar refractivity (Wildman–Crippen MR) is 61.5 cm³/mol. The SMILES string of the molecule is C1=CC2CCC1C2.CCC(C)OC(C)=O. The molecule has 0 spiro atoms. The van der Waals surface area contributed by atoms with E-state index in [0.29, 0.717) is 0 Å². The molecular formula is C13H22O2. The van der Waals surface area contributed by atoms with Crippen molar-refractivity contribution in [3.63, 3.8) is 0 Å². The van der Waals surface area contributed by atoms with Crippen LogP contribution in [0.1, 0.15) is 46.5 Å². The monoisotopic (exact) mass is 210 g/mol. The first kappa shape index (κ1) is 12.3. The summed E-state index contributed by atoms with van der Waals surface area (Å²) >= 11 is 0. The quantitative estimate of drug-likeness (QED) is 0.516. The van der Waals surface area contributed by atoms with Gasteiger partial charge in [0, 0.05) is 6.92 Å². The Morgan fingerprint density at radius 3 is 2.07 bits per heavy atom. The number of allylic oxidation sites excluding steroid dienone is 2. The zero-order chi connectivity index (χ0) is 11.3. The van der Waals surface area contributed by atoms with Crippen molar-refractivity contribution in [3.8, 4) is 0 Å². The topological polar surface area (TPSA) is 26.3 Å². The maximum absolute atomic E-state index is 10.2. The molecule has 2 bridgehead atoms. The fourth-order valence-electron chi connectivity index (χ4n) is 2.08. The lowest BCUT2D eigenvalue weighted by atomic mass is 10.1. The highest BCUT2D eigenvalue weighted by Gasteiger charge is 2.25. The van der Waals surface area contributed by atoms with Crippen LogP contribution in [0.4, 0.5) is 0 Å². The number of rotatable bonds is 2. The van der Waals surface area contributed by atoms with Crippen LogP contribution in [-0.2, 0) is 9.53 Å². The molecule has 86 valence electrons. The summed E-state index contributed by atoms with van der Waals surface area (Å²) in [5.41, 5.74) is 0. The zero-order valence-corrected chi connectivity index (χ0v) is 10.0. The van der Waals surface area contributed by atoms with Gasteiger partial charge in [-0.2, -0.15) is 0 Å². The van der Waals surface area contributed by atoms with Crippen molar-refractivity contribution in [2.24, 2.45) is 11.8 Å². The predicted octanol–water partition coefficient (Wildman–Crippen LogP) is 3.32. The molecule has 0 amide bonds. The highest BCUT2D eigenvalue weighted by molar-refractivity contribution is 5.66. The van der Waals surface area contributed by atoms with Gasteiger partial charge in [-0.3, -0.25) is 4.79 Å². The lowest BCUT2D eigenvalue weighted by molar-refractivity contribution is -0.145. The Bertz CT molecular complexity index is 221. The first-order valence-corrected chi connectivity index (χ1v) is 5.97. The average molecular weight is 210 g/mol. The van der Waals surface area contributed by atoms with Crippen LogP contribution in [0.5, 0.6) is 0 Å². The first-order valence-electron chi connectivity index (χ1n) is 5.97. The number of fused-ring (bicyclic) bond motifs is 2. The van der Waals surface area contributed by atoms with Gasteiger partial charge < -0.3 is 4.74 Å². The molecule has 0 heterocycles. The Labute approximate surface area is 92.7 Å². The van der Waals surface area contributed by atoms with Crippen LogP contribution < -0.4 is 0 Å². The standard InChI is InChI=1S/C7H10.C6H12O2/c1-2-7-4-3-6(1)5-7;1-4-5(2)8-6(3)7/h1-2,6-7H,3-5H2;5H,4H2,1-3H3. The lowest BCUT2D eigenvalue weighted by Crippen LogP contribution is -2.09. The fourth-order valence-corrected chi connectivity index (χ4v) is 2.08. The van der Waals surface area contributed by atoms with Crippen LogP contribution >= 0.6 is 0 Å². The van der Waals surface area contributed by atoms with E-state index in [2.05, 4.69) is 12.2 Å². The number of hydrogen-bond donors (Lipinski definition) is 0. The largest absolute Gasteiger partial charge is 0.463 e. The zero-order valence-electron chi connectivity index (χ0n) is 10.0. The smallest absolute Gasteiger partial charge is 0.302 e. The molecule has 1 fully saturated rings. The van der Waals surface area contributed by atoms with Gasteiger partial charge in [-0.1, -0.05) is 19.1 Å². The Balaban J connectivity index is 0.000000150. The molecule has 3 unspecified atom stereocenters. The van der Waals surface area contributed by atoms with Crippen molar-refractivity contribution in [1.82, 2.24) is 0 Å². The van der Waals surface area contributed by atoms with E-state index in [4.69, 9.17) is 4.74 Å². The second-order valence-electron chi connectivity index (χ2n) is 4.55. The molecule has 2 aliphatic rings. The summed E-state index contributed by atoms with van der Waals surface area (Å²) < 4.78 is 4.76. The number of carbonyl (C=O) groups is 1. The maximum atomic E-state index is 10.2. The van der Waals surface area contributed by atoms with Crippen LogP contribution in [0, 0.1) is 11.8 Å². The fraction of sp³-hybridized carbons (Fsp3) is 0.769. The highest BCUT2D eigenvalue weighted by Crippen LogP contribution is 2.38. The minimum absolute atomic E-state index is 0.0764. The molecule has 0 aromatic rings. The Hall–Kier alpha value is -0.790. The average Bonchev–Trinajstić information content (AvgIpc) is 2.81. The van der Waals surface area contributed by atoms with Gasteiger partial charge in [0.05, 0.1) is 6.10 Å². The molecule has 1 saturated carbocycles. The van der Waals surface area contributed by atoms with E-state index in [-0.39, 0.29) is 12.1 Å². The van der Waals surface area contributed by atoms with E-state index in [1.165, 1.54) is 26.2 Å². The van der Waals surface area contributed by atoms with Gasteiger partial charge in [0.2, 0.25) is 0 Å². The molecule has 3 atom stereocenters. The first-order chi connectivity index (χ1) is 7.11. The van der Waals surface area contributed by atoms with Crippen molar-refractivity contribution < 1.29 is 9.53 Å². The van der Waals surface area contributed by atoms with E-state index in [1.807, 2.05) is 13.8 Å².